The van der Waals surface area contributed by atoms with E-state index in [2.05, 4.69) is 52.4 Å². The van der Waals surface area contributed by atoms with Crippen LogP contribution in [-0.2, 0) is 0 Å². The summed E-state index contributed by atoms with van der Waals surface area (Å²) in [7, 11) is 0. The molecule has 0 atom stereocenters. The smallest absolute Gasteiger partial charge is 0.265 e. The van der Waals surface area contributed by atoms with E-state index in [1.807, 2.05) is 31.2 Å². The van der Waals surface area contributed by atoms with Crippen LogP contribution >= 0.6 is 43.2 Å². The lowest BCUT2D eigenvalue weighted by atomic mass is 10.2. The number of amides is 1. The maximum Gasteiger partial charge on any atom is 0.265 e. The zero-order valence-corrected chi connectivity index (χ0v) is 15.3. The summed E-state index contributed by atoms with van der Waals surface area (Å²) in [5.41, 5.74) is 1.54. The van der Waals surface area contributed by atoms with Crippen molar-refractivity contribution in [2.45, 2.75) is 6.92 Å². The molecule has 3 aromatic rings. The van der Waals surface area contributed by atoms with Crippen molar-refractivity contribution in [3.63, 3.8) is 0 Å². The molecular weight excluding hydrogens is 432 g/mol. The van der Waals surface area contributed by atoms with Crippen LogP contribution < -0.4 is 5.32 Å². The van der Waals surface area contributed by atoms with Crippen molar-refractivity contribution in [2.75, 3.05) is 5.32 Å². The molecule has 0 aliphatic rings. The number of aromatic amines is 1. The van der Waals surface area contributed by atoms with Crippen LogP contribution in [0.15, 0.2) is 38.6 Å². The molecular formula is C14H10Br2N4OS. The Morgan fingerprint density at radius 2 is 2.14 bits per heavy atom. The third-order valence-corrected chi connectivity index (χ3v) is 6.10. The molecule has 0 fully saturated rings. The van der Waals surface area contributed by atoms with Gasteiger partial charge in [0.05, 0.1) is 8.66 Å². The summed E-state index contributed by atoms with van der Waals surface area (Å²) < 4.78 is 1.76. The van der Waals surface area contributed by atoms with E-state index >= 15 is 0 Å². The number of hydrogen-bond donors (Lipinski definition) is 2. The van der Waals surface area contributed by atoms with Crippen LogP contribution in [-0.4, -0.2) is 21.1 Å². The van der Waals surface area contributed by atoms with Gasteiger partial charge in [-0.1, -0.05) is 12.1 Å². The highest BCUT2D eigenvalue weighted by Crippen LogP contribution is 2.32. The fraction of sp³-hybridized carbons (Fsp3) is 0.0714. The third kappa shape index (κ3) is 3.29. The van der Waals surface area contributed by atoms with Gasteiger partial charge in [-0.15, -0.1) is 11.3 Å². The van der Waals surface area contributed by atoms with Gasteiger partial charge in [0.25, 0.3) is 5.91 Å². The van der Waals surface area contributed by atoms with E-state index < -0.39 is 0 Å². The van der Waals surface area contributed by atoms with Gasteiger partial charge in [-0.2, -0.15) is 5.10 Å². The van der Waals surface area contributed by atoms with Gasteiger partial charge in [0.15, 0.2) is 5.82 Å². The number of H-pyrrole nitrogens is 1. The molecule has 3 rings (SSSR count). The molecule has 1 amide bonds. The molecule has 2 heterocycles. The molecule has 2 aromatic heterocycles. The Balaban J connectivity index is 1.82. The number of hydrogen-bond acceptors (Lipinski definition) is 4. The number of carbonyl (C=O) groups is 1. The second-order valence-corrected chi connectivity index (χ2v) is 7.74. The minimum absolute atomic E-state index is 0.153. The van der Waals surface area contributed by atoms with E-state index in [1.54, 1.807) is 6.07 Å². The zero-order valence-electron chi connectivity index (χ0n) is 11.4. The van der Waals surface area contributed by atoms with E-state index in [0.29, 0.717) is 16.4 Å². The normalized spacial score (nSPS) is 10.7. The first-order chi connectivity index (χ1) is 10.5. The van der Waals surface area contributed by atoms with E-state index in [1.165, 1.54) is 11.3 Å². The Kier molecular flexibility index (Phi) is 4.42. The monoisotopic (exact) mass is 440 g/mol. The zero-order chi connectivity index (χ0) is 15.7. The van der Waals surface area contributed by atoms with Crippen molar-refractivity contribution in [1.29, 1.82) is 0 Å². The average Bonchev–Trinajstić information content (AvgIpc) is 3.06. The van der Waals surface area contributed by atoms with Crippen molar-refractivity contribution in [3.8, 4) is 11.4 Å². The van der Waals surface area contributed by atoms with Crippen LogP contribution in [0.5, 0.6) is 0 Å². The van der Waals surface area contributed by atoms with Crippen LogP contribution in [0.3, 0.4) is 0 Å². The summed E-state index contributed by atoms with van der Waals surface area (Å²) >= 11 is 8.14. The van der Waals surface area contributed by atoms with Gasteiger partial charge >= 0.3 is 0 Å². The Labute approximate surface area is 147 Å². The van der Waals surface area contributed by atoms with Gasteiger partial charge < -0.3 is 5.32 Å². The maximum absolute atomic E-state index is 12.3. The number of thiophene rings is 1. The van der Waals surface area contributed by atoms with Crippen LogP contribution in [0.1, 0.15) is 15.5 Å². The summed E-state index contributed by atoms with van der Waals surface area (Å²) in [6.07, 6.45) is 0. The molecule has 8 heteroatoms. The molecule has 5 nitrogen and oxygen atoms in total. The van der Waals surface area contributed by atoms with E-state index in [0.717, 1.165) is 19.6 Å². The van der Waals surface area contributed by atoms with E-state index in [9.17, 15) is 4.79 Å². The van der Waals surface area contributed by atoms with Crippen LogP contribution in [0.2, 0.25) is 0 Å². The fourth-order valence-corrected chi connectivity index (χ4v) is 3.79. The summed E-state index contributed by atoms with van der Waals surface area (Å²) in [4.78, 5) is 17.2. The van der Waals surface area contributed by atoms with Crippen LogP contribution in [0, 0.1) is 6.92 Å². The molecule has 0 bridgehead atoms. The first kappa shape index (κ1) is 15.4. The minimum atomic E-state index is -0.153. The van der Waals surface area contributed by atoms with Crippen molar-refractivity contribution in [3.05, 3.63) is 49.3 Å². The Hall–Kier alpha value is -1.51. The Morgan fingerprint density at radius 1 is 1.32 bits per heavy atom. The number of aryl methyl sites for hydroxylation is 1. The second kappa shape index (κ2) is 6.31. The van der Waals surface area contributed by atoms with Gasteiger partial charge in [-0.05, 0) is 57.0 Å². The number of rotatable bonds is 3. The van der Waals surface area contributed by atoms with Crippen molar-refractivity contribution in [1.82, 2.24) is 15.2 Å². The lowest BCUT2D eigenvalue weighted by Gasteiger charge is -2.04. The summed E-state index contributed by atoms with van der Waals surface area (Å²) in [5.74, 6) is 1.20. The number of halogens is 2. The third-order valence-electron chi connectivity index (χ3n) is 2.84. The Morgan fingerprint density at radius 3 is 2.77 bits per heavy atom. The van der Waals surface area contributed by atoms with E-state index in [-0.39, 0.29) is 5.91 Å². The van der Waals surface area contributed by atoms with Gasteiger partial charge in [-0.25, -0.2) is 4.98 Å². The molecule has 0 spiro atoms. The molecule has 0 aliphatic heterocycles. The van der Waals surface area contributed by atoms with Gasteiger partial charge in [0, 0.05) is 15.7 Å². The molecule has 0 unspecified atom stereocenters. The predicted octanol–water partition coefficient (Wildman–Crippen LogP) is 4.62. The lowest BCUT2D eigenvalue weighted by molar-refractivity contribution is 0.103. The van der Waals surface area contributed by atoms with Gasteiger partial charge in [-0.3, -0.25) is 9.89 Å². The van der Waals surface area contributed by atoms with Crippen molar-refractivity contribution in [2.24, 2.45) is 0 Å². The highest BCUT2D eigenvalue weighted by atomic mass is 79.9. The number of nitrogens with zero attached hydrogens (tertiary/aromatic N) is 2. The topological polar surface area (TPSA) is 70.7 Å². The maximum atomic E-state index is 12.3. The average molecular weight is 442 g/mol. The van der Waals surface area contributed by atoms with E-state index in [4.69, 9.17) is 0 Å². The molecule has 112 valence electrons. The first-order valence-corrected chi connectivity index (χ1v) is 8.69. The standard InChI is InChI=1S/C14H10Br2N4OS/c1-7-17-13(20-19-7)8-3-2-4-9(5-8)18-14(21)11-6-10(15)12(16)22-11/h2-6H,1H3,(H,18,21)(H,17,19,20). The number of carbonyl (C=O) groups excluding carboxylic acids is 1. The molecule has 0 aliphatic carbocycles. The van der Waals surface area contributed by atoms with Gasteiger partial charge in [0.2, 0.25) is 0 Å². The molecule has 0 saturated heterocycles. The number of aromatic nitrogens is 3. The number of nitrogens with one attached hydrogen (secondary N) is 2. The van der Waals surface area contributed by atoms with Crippen LogP contribution in [0.25, 0.3) is 11.4 Å². The highest BCUT2D eigenvalue weighted by Gasteiger charge is 2.13. The van der Waals surface area contributed by atoms with Crippen LogP contribution in [0.4, 0.5) is 5.69 Å². The Bertz CT molecular complexity index is 823. The quantitative estimate of drug-likeness (QED) is 0.622. The summed E-state index contributed by atoms with van der Waals surface area (Å²) in [5, 5.41) is 9.80. The van der Waals surface area contributed by atoms with Gasteiger partial charge in [0.1, 0.15) is 5.82 Å². The number of anilines is 1. The van der Waals surface area contributed by atoms with Crippen molar-refractivity contribution >= 4 is 54.8 Å². The van der Waals surface area contributed by atoms with Crippen molar-refractivity contribution < 1.29 is 4.79 Å². The predicted molar refractivity (Wildman–Crippen MR) is 94.2 cm³/mol. The molecule has 22 heavy (non-hydrogen) atoms. The lowest BCUT2D eigenvalue weighted by Crippen LogP contribution is -2.10. The molecule has 0 radical (unpaired) electrons. The summed E-state index contributed by atoms with van der Waals surface area (Å²) in [6.45, 7) is 1.84. The largest absolute Gasteiger partial charge is 0.321 e. The molecule has 1 aromatic carbocycles. The minimum Gasteiger partial charge on any atom is -0.321 e. The number of benzene rings is 1. The second-order valence-electron chi connectivity index (χ2n) is 4.51. The highest BCUT2D eigenvalue weighted by molar-refractivity contribution is 9.13. The summed E-state index contributed by atoms with van der Waals surface area (Å²) in [6, 6.07) is 9.22. The SMILES string of the molecule is Cc1nc(-c2cccc(NC(=O)c3cc(Br)c(Br)s3)c2)n[nH]1. The first-order valence-electron chi connectivity index (χ1n) is 6.28. The fourth-order valence-electron chi connectivity index (χ4n) is 1.86. The molecule has 2 N–H and O–H groups in total. The molecule has 0 saturated carbocycles.